The second-order valence-corrected chi connectivity index (χ2v) is 4.45. The Labute approximate surface area is 112 Å². The molecule has 5 nitrogen and oxygen atoms in total. The SMILES string of the molecule is CCNc1cc(Cn2c(C)nc(C)cc2=O)ccn1. The van der Waals surface area contributed by atoms with Crippen molar-refractivity contribution in [3.63, 3.8) is 0 Å². The number of pyridine rings is 1. The van der Waals surface area contributed by atoms with Gasteiger partial charge in [-0.1, -0.05) is 0 Å². The Kier molecular flexibility index (Phi) is 3.94. The molecule has 2 rings (SSSR count). The highest BCUT2D eigenvalue weighted by molar-refractivity contribution is 5.37. The Morgan fingerprint density at radius 3 is 2.79 bits per heavy atom. The van der Waals surface area contributed by atoms with Gasteiger partial charge in [0.05, 0.1) is 6.54 Å². The summed E-state index contributed by atoms with van der Waals surface area (Å²) in [5, 5.41) is 3.16. The Balaban J connectivity index is 2.31. The first-order chi connectivity index (χ1) is 9.10. The molecular weight excluding hydrogens is 240 g/mol. The van der Waals surface area contributed by atoms with Crippen molar-refractivity contribution in [2.24, 2.45) is 0 Å². The molecule has 0 aliphatic carbocycles. The molecule has 1 N–H and O–H groups in total. The fraction of sp³-hybridized carbons (Fsp3) is 0.357. The van der Waals surface area contributed by atoms with Crippen LogP contribution >= 0.6 is 0 Å². The highest BCUT2D eigenvalue weighted by Gasteiger charge is 2.04. The van der Waals surface area contributed by atoms with Crippen LogP contribution in [0.25, 0.3) is 0 Å². The quantitative estimate of drug-likeness (QED) is 0.907. The van der Waals surface area contributed by atoms with Crippen LogP contribution in [-0.4, -0.2) is 21.1 Å². The second-order valence-electron chi connectivity index (χ2n) is 4.45. The van der Waals surface area contributed by atoms with Crippen LogP contribution in [0.4, 0.5) is 5.82 Å². The van der Waals surface area contributed by atoms with Gasteiger partial charge in [-0.15, -0.1) is 0 Å². The molecule has 0 atom stereocenters. The van der Waals surface area contributed by atoms with E-state index in [1.165, 1.54) is 0 Å². The van der Waals surface area contributed by atoms with Crippen molar-refractivity contribution < 1.29 is 0 Å². The Morgan fingerprint density at radius 1 is 1.32 bits per heavy atom. The molecule has 0 bridgehead atoms. The number of rotatable bonds is 4. The van der Waals surface area contributed by atoms with E-state index in [9.17, 15) is 4.79 Å². The third-order valence-electron chi connectivity index (χ3n) is 2.85. The molecule has 19 heavy (non-hydrogen) atoms. The summed E-state index contributed by atoms with van der Waals surface area (Å²) in [7, 11) is 0. The van der Waals surface area contributed by atoms with Crippen LogP contribution in [0.1, 0.15) is 24.0 Å². The molecule has 0 unspecified atom stereocenters. The van der Waals surface area contributed by atoms with Crippen molar-refractivity contribution in [1.82, 2.24) is 14.5 Å². The van der Waals surface area contributed by atoms with Crippen molar-refractivity contribution in [3.8, 4) is 0 Å². The molecule has 0 fully saturated rings. The second kappa shape index (κ2) is 5.65. The van der Waals surface area contributed by atoms with E-state index in [0.717, 1.165) is 29.4 Å². The standard InChI is InChI=1S/C14H18N4O/c1-4-15-13-8-12(5-6-16-13)9-18-11(3)17-10(2)7-14(18)19/h5-8H,4,9H2,1-3H3,(H,15,16). The smallest absolute Gasteiger partial charge is 0.254 e. The predicted molar refractivity (Wildman–Crippen MR) is 75.5 cm³/mol. The summed E-state index contributed by atoms with van der Waals surface area (Å²) in [6.45, 7) is 7.03. The van der Waals surface area contributed by atoms with Crippen molar-refractivity contribution in [2.75, 3.05) is 11.9 Å². The zero-order valence-electron chi connectivity index (χ0n) is 11.5. The topological polar surface area (TPSA) is 59.8 Å². The van der Waals surface area contributed by atoms with E-state index in [4.69, 9.17) is 0 Å². The van der Waals surface area contributed by atoms with E-state index < -0.39 is 0 Å². The number of hydrogen-bond acceptors (Lipinski definition) is 4. The Bertz CT molecular complexity index is 634. The molecule has 5 heteroatoms. The zero-order valence-corrected chi connectivity index (χ0v) is 11.5. The van der Waals surface area contributed by atoms with Crippen LogP contribution in [0.15, 0.2) is 29.2 Å². The molecule has 0 saturated carbocycles. The molecular formula is C14H18N4O. The minimum Gasteiger partial charge on any atom is -0.370 e. The molecule has 2 aromatic heterocycles. The van der Waals surface area contributed by atoms with Gasteiger partial charge in [-0.2, -0.15) is 0 Å². The molecule has 0 aromatic carbocycles. The van der Waals surface area contributed by atoms with Crippen LogP contribution in [0.5, 0.6) is 0 Å². The number of anilines is 1. The molecule has 0 aliphatic heterocycles. The van der Waals surface area contributed by atoms with Crippen LogP contribution < -0.4 is 10.9 Å². The monoisotopic (exact) mass is 258 g/mol. The lowest BCUT2D eigenvalue weighted by Gasteiger charge is -2.10. The lowest BCUT2D eigenvalue weighted by atomic mass is 10.2. The largest absolute Gasteiger partial charge is 0.370 e. The maximum atomic E-state index is 12.0. The minimum absolute atomic E-state index is 0.0215. The average Bonchev–Trinajstić information content (AvgIpc) is 2.35. The van der Waals surface area contributed by atoms with Gasteiger partial charge in [0.25, 0.3) is 5.56 Å². The van der Waals surface area contributed by atoms with Crippen molar-refractivity contribution in [1.29, 1.82) is 0 Å². The number of aromatic nitrogens is 3. The van der Waals surface area contributed by atoms with Gasteiger partial charge in [0.15, 0.2) is 0 Å². The summed E-state index contributed by atoms with van der Waals surface area (Å²) < 4.78 is 1.66. The van der Waals surface area contributed by atoms with Gasteiger partial charge in [0, 0.05) is 24.5 Å². The number of aryl methyl sites for hydroxylation is 2. The summed E-state index contributed by atoms with van der Waals surface area (Å²) in [5.74, 6) is 1.55. The summed E-state index contributed by atoms with van der Waals surface area (Å²) in [5.41, 5.74) is 1.76. The molecule has 2 heterocycles. The Morgan fingerprint density at radius 2 is 2.11 bits per heavy atom. The number of hydrogen-bond donors (Lipinski definition) is 1. The van der Waals surface area contributed by atoms with Gasteiger partial charge >= 0.3 is 0 Å². The Hall–Kier alpha value is -2.17. The van der Waals surface area contributed by atoms with Gasteiger partial charge in [-0.05, 0) is 38.5 Å². The molecule has 0 amide bonds. The molecule has 0 radical (unpaired) electrons. The predicted octanol–water partition coefficient (Wildman–Crippen LogP) is 1.74. The van der Waals surface area contributed by atoms with Crippen molar-refractivity contribution in [3.05, 3.63) is 51.8 Å². The number of nitrogens with zero attached hydrogens (tertiary/aromatic N) is 3. The first-order valence-electron chi connectivity index (χ1n) is 6.34. The fourth-order valence-electron chi connectivity index (χ4n) is 1.99. The normalized spacial score (nSPS) is 10.5. The van der Waals surface area contributed by atoms with Crippen LogP contribution in [0.2, 0.25) is 0 Å². The summed E-state index contributed by atoms with van der Waals surface area (Å²) >= 11 is 0. The van der Waals surface area contributed by atoms with Gasteiger partial charge in [0.2, 0.25) is 0 Å². The lowest BCUT2D eigenvalue weighted by molar-refractivity contribution is 0.694. The molecule has 0 saturated heterocycles. The van der Waals surface area contributed by atoms with E-state index in [1.54, 1.807) is 16.8 Å². The zero-order chi connectivity index (χ0) is 13.8. The van der Waals surface area contributed by atoms with E-state index in [-0.39, 0.29) is 5.56 Å². The molecule has 2 aromatic rings. The fourth-order valence-corrected chi connectivity index (χ4v) is 1.99. The van der Waals surface area contributed by atoms with Gasteiger partial charge in [-0.3, -0.25) is 9.36 Å². The highest BCUT2D eigenvalue weighted by Crippen LogP contribution is 2.08. The van der Waals surface area contributed by atoms with Gasteiger partial charge in [0.1, 0.15) is 11.6 Å². The van der Waals surface area contributed by atoms with Crippen molar-refractivity contribution >= 4 is 5.82 Å². The van der Waals surface area contributed by atoms with Gasteiger partial charge in [-0.25, -0.2) is 9.97 Å². The summed E-state index contributed by atoms with van der Waals surface area (Å²) in [6.07, 6.45) is 1.75. The maximum Gasteiger partial charge on any atom is 0.254 e. The van der Waals surface area contributed by atoms with Crippen LogP contribution in [0, 0.1) is 13.8 Å². The lowest BCUT2D eigenvalue weighted by Crippen LogP contribution is -2.24. The van der Waals surface area contributed by atoms with Crippen LogP contribution in [-0.2, 0) is 6.54 Å². The van der Waals surface area contributed by atoms with E-state index >= 15 is 0 Å². The van der Waals surface area contributed by atoms with E-state index in [2.05, 4.69) is 15.3 Å². The van der Waals surface area contributed by atoms with E-state index in [0.29, 0.717) is 6.54 Å². The van der Waals surface area contributed by atoms with Crippen molar-refractivity contribution in [2.45, 2.75) is 27.3 Å². The first-order valence-corrected chi connectivity index (χ1v) is 6.34. The average molecular weight is 258 g/mol. The molecule has 100 valence electrons. The summed E-state index contributed by atoms with van der Waals surface area (Å²) in [6, 6.07) is 5.42. The third-order valence-corrected chi connectivity index (χ3v) is 2.85. The number of nitrogens with one attached hydrogen (secondary N) is 1. The maximum absolute atomic E-state index is 12.0. The summed E-state index contributed by atoms with van der Waals surface area (Å²) in [4.78, 5) is 20.5. The van der Waals surface area contributed by atoms with Gasteiger partial charge < -0.3 is 5.32 Å². The van der Waals surface area contributed by atoms with E-state index in [1.807, 2.05) is 32.9 Å². The van der Waals surface area contributed by atoms with Crippen LogP contribution in [0.3, 0.4) is 0 Å². The minimum atomic E-state index is -0.0215. The third kappa shape index (κ3) is 3.19. The molecule has 0 spiro atoms. The molecule has 0 aliphatic rings. The highest BCUT2D eigenvalue weighted by atomic mass is 16.1. The first kappa shape index (κ1) is 13.3.